The maximum atomic E-state index is 13.3. The summed E-state index contributed by atoms with van der Waals surface area (Å²) in [5.41, 5.74) is -1.03. The third-order valence-corrected chi connectivity index (χ3v) is 3.87. The molecule has 20 heavy (non-hydrogen) atoms. The Morgan fingerprint density at radius 3 is 2.05 bits per heavy atom. The molecule has 2 unspecified atom stereocenters. The van der Waals surface area contributed by atoms with Crippen molar-refractivity contribution < 1.29 is 23.0 Å². The van der Waals surface area contributed by atoms with Gasteiger partial charge in [0.1, 0.15) is 0 Å². The van der Waals surface area contributed by atoms with Gasteiger partial charge in [0.15, 0.2) is 17.5 Å². The van der Waals surface area contributed by atoms with Crippen LogP contribution in [-0.2, 0) is 4.74 Å². The number of hydrogen-bond donors (Lipinski definition) is 1. The zero-order valence-electron chi connectivity index (χ0n) is 12.0. The van der Waals surface area contributed by atoms with Crippen molar-refractivity contribution in [3.05, 3.63) is 35.1 Å². The fraction of sp³-hybridized carbons (Fsp3) is 0.600. The highest BCUT2D eigenvalue weighted by Gasteiger charge is 2.49. The van der Waals surface area contributed by atoms with E-state index < -0.39 is 34.8 Å². The molecule has 0 aliphatic carbocycles. The fourth-order valence-electron chi connectivity index (χ4n) is 3.07. The Kier molecular flexibility index (Phi) is 3.63. The van der Waals surface area contributed by atoms with Gasteiger partial charge in [-0.15, -0.1) is 0 Å². The lowest BCUT2D eigenvalue weighted by atomic mass is 9.80. The van der Waals surface area contributed by atoms with Crippen molar-refractivity contribution in [2.75, 3.05) is 0 Å². The summed E-state index contributed by atoms with van der Waals surface area (Å²) in [5.74, 6) is -4.45. The van der Waals surface area contributed by atoms with E-state index in [4.69, 9.17) is 4.74 Å². The van der Waals surface area contributed by atoms with E-state index in [0.717, 1.165) is 12.1 Å². The largest absolute Gasteiger partial charge is 0.388 e. The zero-order chi connectivity index (χ0) is 15.3. The summed E-state index contributed by atoms with van der Waals surface area (Å²) < 4.78 is 45.4. The van der Waals surface area contributed by atoms with Crippen LogP contribution in [-0.4, -0.2) is 16.3 Å². The van der Waals surface area contributed by atoms with Crippen molar-refractivity contribution in [2.45, 2.75) is 51.4 Å². The first-order chi connectivity index (χ1) is 9.03. The average Bonchev–Trinajstić information content (AvgIpc) is 2.52. The van der Waals surface area contributed by atoms with Gasteiger partial charge in [-0.25, -0.2) is 13.2 Å². The molecule has 1 saturated heterocycles. The SMILES string of the molecule is CC1(C)CC(C(O)c2cc(F)c(F)c(F)c2)C(C)(C)O1. The third kappa shape index (κ3) is 2.69. The first kappa shape index (κ1) is 15.3. The van der Waals surface area contributed by atoms with E-state index in [1.807, 2.05) is 27.7 Å². The molecule has 1 fully saturated rings. The van der Waals surface area contributed by atoms with Crippen LogP contribution in [0.15, 0.2) is 12.1 Å². The molecule has 1 aromatic rings. The van der Waals surface area contributed by atoms with Gasteiger partial charge in [0.25, 0.3) is 0 Å². The van der Waals surface area contributed by atoms with E-state index in [-0.39, 0.29) is 11.5 Å². The van der Waals surface area contributed by atoms with Gasteiger partial charge in [0.05, 0.1) is 17.3 Å². The Hall–Kier alpha value is -1.07. The number of rotatable bonds is 2. The highest BCUT2D eigenvalue weighted by molar-refractivity contribution is 5.23. The molecule has 2 atom stereocenters. The summed E-state index contributed by atoms with van der Waals surface area (Å²) in [6, 6.07) is 1.68. The minimum absolute atomic E-state index is 0.0285. The second-order valence-corrected chi connectivity index (χ2v) is 6.52. The minimum Gasteiger partial charge on any atom is -0.388 e. The average molecular weight is 288 g/mol. The Labute approximate surface area is 116 Å². The van der Waals surface area contributed by atoms with Crippen molar-refractivity contribution >= 4 is 0 Å². The summed E-state index contributed by atoms with van der Waals surface area (Å²) in [6.07, 6.45) is -0.571. The monoisotopic (exact) mass is 288 g/mol. The van der Waals surface area contributed by atoms with Crippen molar-refractivity contribution in [1.29, 1.82) is 0 Å². The van der Waals surface area contributed by atoms with Gasteiger partial charge < -0.3 is 9.84 Å². The first-order valence-electron chi connectivity index (χ1n) is 6.56. The van der Waals surface area contributed by atoms with Crippen LogP contribution in [0.1, 0.15) is 45.8 Å². The van der Waals surface area contributed by atoms with Crippen molar-refractivity contribution in [1.82, 2.24) is 0 Å². The molecule has 0 spiro atoms. The van der Waals surface area contributed by atoms with Crippen LogP contribution in [0.2, 0.25) is 0 Å². The predicted octanol–water partition coefficient (Wildman–Crippen LogP) is 3.73. The molecular weight excluding hydrogens is 269 g/mol. The maximum Gasteiger partial charge on any atom is 0.194 e. The number of ether oxygens (including phenoxy) is 1. The van der Waals surface area contributed by atoms with Crippen molar-refractivity contribution in [3.8, 4) is 0 Å². The summed E-state index contributed by atoms with van der Waals surface area (Å²) in [5, 5.41) is 10.4. The molecule has 1 aliphatic heterocycles. The lowest BCUT2D eigenvalue weighted by Crippen LogP contribution is -2.32. The molecule has 2 nitrogen and oxygen atoms in total. The molecule has 1 aromatic carbocycles. The van der Waals surface area contributed by atoms with Crippen LogP contribution in [0.25, 0.3) is 0 Å². The molecular formula is C15H19F3O2. The Morgan fingerprint density at radius 2 is 1.65 bits per heavy atom. The Morgan fingerprint density at radius 1 is 1.15 bits per heavy atom. The van der Waals surface area contributed by atoms with Crippen molar-refractivity contribution in [3.63, 3.8) is 0 Å². The Balaban J connectivity index is 2.35. The van der Waals surface area contributed by atoms with Gasteiger partial charge in [-0.05, 0) is 51.8 Å². The van der Waals surface area contributed by atoms with E-state index in [9.17, 15) is 18.3 Å². The van der Waals surface area contributed by atoms with Gasteiger partial charge in [-0.1, -0.05) is 0 Å². The van der Waals surface area contributed by atoms with Crippen LogP contribution in [0, 0.1) is 23.4 Å². The molecule has 0 saturated carbocycles. The van der Waals surface area contributed by atoms with E-state index in [1.54, 1.807) is 0 Å². The molecule has 5 heteroatoms. The molecule has 0 amide bonds. The van der Waals surface area contributed by atoms with Gasteiger partial charge >= 0.3 is 0 Å². The van der Waals surface area contributed by atoms with Crippen LogP contribution in [0.5, 0.6) is 0 Å². The van der Waals surface area contributed by atoms with Crippen molar-refractivity contribution in [2.24, 2.45) is 5.92 Å². The van der Waals surface area contributed by atoms with Crippen LogP contribution >= 0.6 is 0 Å². The van der Waals surface area contributed by atoms with E-state index >= 15 is 0 Å². The first-order valence-corrected chi connectivity index (χ1v) is 6.56. The van der Waals surface area contributed by atoms with Crippen LogP contribution < -0.4 is 0 Å². The molecule has 1 N–H and O–H groups in total. The smallest absolute Gasteiger partial charge is 0.194 e. The molecule has 0 aromatic heterocycles. The third-order valence-electron chi connectivity index (χ3n) is 3.87. The topological polar surface area (TPSA) is 29.5 Å². The summed E-state index contributed by atoms with van der Waals surface area (Å²) >= 11 is 0. The van der Waals surface area contributed by atoms with Crippen LogP contribution in [0.4, 0.5) is 13.2 Å². The van der Waals surface area contributed by atoms with Gasteiger partial charge in [-0.3, -0.25) is 0 Å². The number of aliphatic hydroxyl groups is 1. The predicted molar refractivity (Wildman–Crippen MR) is 68.6 cm³/mol. The second kappa shape index (κ2) is 4.74. The number of halogens is 3. The van der Waals surface area contributed by atoms with Gasteiger partial charge in [0.2, 0.25) is 0 Å². The van der Waals surface area contributed by atoms with Crippen LogP contribution in [0.3, 0.4) is 0 Å². The molecule has 0 radical (unpaired) electrons. The maximum absolute atomic E-state index is 13.3. The van der Waals surface area contributed by atoms with E-state index in [1.165, 1.54) is 0 Å². The summed E-state index contributed by atoms with van der Waals surface area (Å²) in [6.45, 7) is 7.44. The highest BCUT2D eigenvalue weighted by Crippen LogP contribution is 2.47. The number of hydrogen-bond acceptors (Lipinski definition) is 2. The normalized spacial score (nSPS) is 25.7. The quantitative estimate of drug-likeness (QED) is 0.840. The van der Waals surface area contributed by atoms with E-state index in [0.29, 0.717) is 6.42 Å². The Bertz CT molecular complexity index is 503. The number of benzene rings is 1. The highest BCUT2D eigenvalue weighted by atomic mass is 19.2. The minimum atomic E-state index is -1.52. The summed E-state index contributed by atoms with van der Waals surface area (Å²) in [4.78, 5) is 0. The number of aliphatic hydroxyl groups excluding tert-OH is 1. The van der Waals surface area contributed by atoms with Gasteiger partial charge in [0, 0.05) is 5.92 Å². The summed E-state index contributed by atoms with van der Waals surface area (Å²) in [7, 11) is 0. The van der Waals surface area contributed by atoms with E-state index in [2.05, 4.69) is 0 Å². The molecule has 0 bridgehead atoms. The molecule has 1 heterocycles. The zero-order valence-corrected chi connectivity index (χ0v) is 12.0. The lowest BCUT2D eigenvalue weighted by Gasteiger charge is -2.30. The van der Waals surface area contributed by atoms with Gasteiger partial charge in [-0.2, -0.15) is 0 Å². The standard InChI is InChI=1S/C15H19F3O2/c1-14(2)7-9(15(3,4)20-14)13(19)8-5-10(16)12(18)11(17)6-8/h5-6,9,13,19H,7H2,1-4H3. The molecule has 2 rings (SSSR count). The molecule has 112 valence electrons. The second-order valence-electron chi connectivity index (χ2n) is 6.52. The lowest BCUT2D eigenvalue weighted by molar-refractivity contribution is -0.0880. The fourth-order valence-corrected chi connectivity index (χ4v) is 3.07. The molecule has 1 aliphatic rings.